The van der Waals surface area contributed by atoms with E-state index in [2.05, 4.69) is 12.2 Å². The Balaban J connectivity index is 2.88. The molecular formula is C7H17NO. The number of rotatable bonds is 5. The summed E-state index contributed by atoms with van der Waals surface area (Å²) in [7, 11) is 1.77. The monoisotopic (exact) mass is 131 g/mol. The van der Waals surface area contributed by atoms with Crippen molar-refractivity contribution >= 4 is 0 Å². The lowest BCUT2D eigenvalue weighted by Gasteiger charge is -2.06. The van der Waals surface area contributed by atoms with E-state index in [1.165, 1.54) is 12.8 Å². The number of unbranched alkanes of at least 4 members (excludes halogenated alkanes) is 2. The van der Waals surface area contributed by atoms with Crippen LogP contribution in [0.4, 0.5) is 0 Å². The summed E-state index contributed by atoms with van der Waals surface area (Å²) >= 11 is 0. The Morgan fingerprint density at radius 2 is 2.11 bits per heavy atom. The molecule has 2 heteroatoms. The SMILES string of the molecule is CCCCC[C@@H](O)NC. The van der Waals surface area contributed by atoms with Crippen molar-refractivity contribution in [1.29, 1.82) is 0 Å². The molecule has 0 aromatic heterocycles. The minimum Gasteiger partial charge on any atom is -0.379 e. The van der Waals surface area contributed by atoms with Crippen molar-refractivity contribution in [3.63, 3.8) is 0 Å². The Kier molecular flexibility index (Phi) is 5.99. The number of hydrogen-bond donors (Lipinski definition) is 2. The summed E-state index contributed by atoms with van der Waals surface area (Å²) in [4.78, 5) is 0. The van der Waals surface area contributed by atoms with Crippen molar-refractivity contribution < 1.29 is 5.11 Å². The molecule has 0 aliphatic rings. The molecule has 0 fully saturated rings. The smallest absolute Gasteiger partial charge is 0.104 e. The summed E-state index contributed by atoms with van der Waals surface area (Å²) in [5.74, 6) is 0. The second-order valence-electron chi connectivity index (χ2n) is 2.30. The Bertz CT molecular complexity index is 56.9. The number of hydrogen-bond acceptors (Lipinski definition) is 2. The van der Waals surface area contributed by atoms with Gasteiger partial charge in [-0.15, -0.1) is 0 Å². The molecule has 0 aliphatic carbocycles. The first-order valence-electron chi connectivity index (χ1n) is 3.66. The van der Waals surface area contributed by atoms with E-state index in [1.807, 2.05) is 0 Å². The maximum atomic E-state index is 8.97. The van der Waals surface area contributed by atoms with Crippen LogP contribution in [0, 0.1) is 0 Å². The highest BCUT2D eigenvalue weighted by atomic mass is 16.3. The van der Waals surface area contributed by atoms with Crippen LogP contribution in [-0.4, -0.2) is 18.4 Å². The first-order chi connectivity index (χ1) is 4.31. The molecule has 0 heterocycles. The molecule has 2 nitrogen and oxygen atoms in total. The van der Waals surface area contributed by atoms with Crippen molar-refractivity contribution in [2.75, 3.05) is 7.05 Å². The Morgan fingerprint density at radius 1 is 1.44 bits per heavy atom. The predicted octanol–water partition coefficient (Wildman–Crippen LogP) is 1.10. The molecule has 56 valence electrons. The van der Waals surface area contributed by atoms with Gasteiger partial charge in [-0.3, -0.25) is 5.32 Å². The van der Waals surface area contributed by atoms with Crippen LogP contribution < -0.4 is 5.32 Å². The van der Waals surface area contributed by atoms with E-state index in [-0.39, 0.29) is 6.23 Å². The minimum absolute atomic E-state index is 0.295. The van der Waals surface area contributed by atoms with Crippen LogP contribution in [0.15, 0.2) is 0 Å². The van der Waals surface area contributed by atoms with Gasteiger partial charge in [0, 0.05) is 0 Å². The molecule has 0 aliphatic heterocycles. The molecule has 0 rings (SSSR count). The fourth-order valence-corrected chi connectivity index (χ4v) is 0.732. The van der Waals surface area contributed by atoms with E-state index < -0.39 is 0 Å². The zero-order chi connectivity index (χ0) is 7.11. The highest BCUT2D eigenvalue weighted by Crippen LogP contribution is 2.00. The van der Waals surface area contributed by atoms with E-state index in [0.717, 1.165) is 12.8 Å². The lowest BCUT2D eigenvalue weighted by atomic mass is 10.2. The first-order valence-corrected chi connectivity index (χ1v) is 3.66. The van der Waals surface area contributed by atoms with Gasteiger partial charge in [-0.25, -0.2) is 0 Å². The lowest BCUT2D eigenvalue weighted by Crippen LogP contribution is -2.23. The van der Waals surface area contributed by atoms with Crippen LogP contribution in [0.25, 0.3) is 0 Å². The van der Waals surface area contributed by atoms with Crippen molar-refractivity contribution in [1.82, 2.24) is 5.32 Å². The highest BCUT2D eigenvalue weighted by Gasteiger charge is 1.96. The van der Waals surface area contributed by atoms with Gasteiger partial charge < -0.3 is 5.11 Å². The molecule has 0 aromatic carbocycles. The van der Waals surface area contributed by atoms with Crippen LogP contribution in [-0.2, 0) is 0 Å². The molecule has 0 saturated carbocycles. The average Bonchev–Trinajstić information content (AvgIpc) is 1.89. The molecule has 0 amide bonds. The van der Waals surface area contributed by atoms with E-state index >= 15 is 0 Å². The molecule has 0 bridgehead atoms. The van der Waals surface area contributed by atoms with E-state index in [9.17, 15) is 0 Å². The molecule has 0 spiro atoms. The molecule has 0 aromatic rings. The van der Waals surface area contributed by atoms with E-state index in [4.69, 9.17) is 5.11 Å². The van der Waals surface area contributed by atoms with Crippen molar-refractivity contribution in [3.8, 4) is 0 Å². The zero-order valence-corrected chi connectivity index (χ0v) is 6.35. The predicted molar refractivity (Wildman–Crippen MR) is 39.2 cm³/mol. The Labute approximate surface area is 57.3 Å². The molecule has 0 unspecified atom stereocenters. The maximum Gasteiger partial charge on any atom is 0.104 e. The van der Waals surface area contributed by atoms with Gasteiger partial charge in [0.1, 0.15) is 6.23 Å². The third-order valence-corrected chi connectivity index (χ3v) is 1.41. The summed E-state index contributed by atoms with van der Waals surface area (Å²) in [6, 6.07) is 0. The van der Waals surface area contributed by atoms with Gasteiger partial charge in [0.2, 0.25) is 0 Å². The molecular weight excluding hydrogens is 114 g/mol. The summed E-state index contributed by atoms with van der Waals surface area (Å²) in [6.45, 7) is 2.16. The molecule has 1 atom stereocenters. The molecule has 9 heavy (non-hydrogen) atoms. The molecule has 0 radical (unpaired) electrons. The Hall–Kier alpha value is -0.0800. The van der Waals surface area contributed by atoms with Gasteiger partial charge in [-0.05, 0) is 19.9 Å². The molecule has 0 saturated heterocycles. The fourth-order valence-electron chi connectivity index (χ4n) is 0.732. The van der Waals surface area contributed by atoms with Gasteiger partial charge in [0.15, 0.2) is 0 Å². The fraction of sp³-hybridized carbons (Fsp3) is 1.00. The van der Waals surface area contributed by atoms with Crippen LogP contribution in [0.1, 0.15) is 32.6 Å². The van der Waals surface area contributed by atoms with Crippen LogP contribution in [0.2, 0.25) is 0 Å². The summed E-state index contributed by atoms with van der Waals surface area (Å²) in [5, 5.41) is 11.8. The summed E-state index contributed by atoms with van der Waals surface area (Å²) < 4.78 is 0. The maximum absolute atomic E-state index is 8.97. The van der Waals surface area contributed by atoms with E-state index in [0.29, 0.717) is 0 Å². The second kappa shape index (κ2) is 6.05. The van der Waals surface area contributed by atoms with Gasteiger partial charge in [0.05, 0.1) is 0 Å². The van der Waals surface area contributed by atoms with Crippen molar-refractivity contribution in [2.24, 2.45) is 0 Å². The highest BCUT2D eigenvalue weighted by molar-refractivity contribution is 4.48. The van der Waals surface area contributed by atoms with Crippen molar-refractivity contribution in [2.45, 2.75) is 38.8 Å². The number of aliphatic hydroxyl groups is 1. The quantitative estimate of drug-likeness (QED) is 0.432. The third kappa shape index (κ3) is 5.80. The standard InChI is InChI=1S/C7H17NO/c1-3-4-5-6-7(9)8-2/h7-9H,3-6H2,1-2H3/t7-/m1/s1. The van der Waals surface area contributed by atoms with Crippen molar-refractivity contribution in [3.05, 3.63) is 0 Å². The Morgan fingerprint density at radius 3 is 2.56 bits per heavy atom. The van der Waals surface area contributed by atoms with E-state index in [1.54, 1.807) is 7.05 Å². The normalized spacial score (nSPS) is 13.7. The van der Waals surface area contributed by atoms with Crippen LogP contribution in [0.5, 0.6) is 0 Å². The number of nitrogens with one attached hydrogen (secondary N) is 1. The summed E-state index contributed by atoms with van der Waals surface area (Å²) in [6.07, 6.45) is 4.15. The minimum atomic E-state index is -0.295. The van der Waals surface area contributed by atoms with Gasteiger partial charge >= 0.3 is 0 Å². The van der Waals surface area contributed by atoms with Gasteiger partial charge in [-0.2, -0.15) is 0 Å². The number of aliphatic hydroxyl groups excluding tert-OH is 1. The molecule has 2 N–H and O–H groups in total. The largest absolute Gasteiger partial charge is 0.379 e. The van der Waals surface area contributed by atoms with Crippen LogP contribution in [0.3, 0.4) is 0 Å². The van der Waals surface area contributed by atoms with Gasteiger partial charge in [0.25, 0.3) is 0 Å². The second-order valence-corrected chi connectivity index (χ2v) is 2.30. The first kappa shape index (κ1) is 8.92. The zero-order valence-electron chi connectivity index (χ0n) is 6.35. The average molecular weight is 131 g/mol. The third-order valence-electron chi connectivity index (χ3n) is 1.41. The summed E-state index contributed by atoms with van der Waals surface area (Å²) in [5.41, 5.74) is 0. The lowest BCUT2D eigenvalue weighted by molar-refractivity contribution is 0.134. The topological polar surface area (TPSA) is 32.3 Å². The van der Waals surface area contributed by atoms with Crippen LogP contribution >= 0.6 is 0 Å². The van der Waals surface area contributed by atoms with Gasteiger partial charge in [-0.1, -0.05) is 19.8 Å².